The molecule has 0 amide bonds. The average Bonchev–Trinajstić information content (AvgIpc) is 2.33. The summed E-state index contributed by atoms with van der Waals surface area (Å²) in [6, 6.07) is 17.8. The Kier molecular flexibility index (Phi) is 3.57. The molecule has 0 heterocycles. The topological polar surface area (TPSA) is 35.2 Å². The van der Waals surface area contributed by atoms with Crippen molar-refractivity contribution in [1.29, 1.82) is 0 Å². The van der Waals surface area contributed by atoms with Crippen molar-refractivity contribution in [2.75, 3.05) is 6.54 Å². The first-order valence-electron chi connectivity index (χ1n) is 5.41. The Labute approximate surface area is 95.7 Å². The van der Waals surface area contributed by atoms with E-state index < -0.39 is 0 Å². The number of benzene rings is 2. The molecule has 2 heteroatoms. The van der Waals surface area contributed by atoms with Crippen molar-refractivity contribution in [3.05, 3.63) is 60.2 Å². The normalized spacial score (nSPS) is 10.1. The molecule has 16 heavy (non-hydrogen) atoms. The monoisotopic (exact) mass is 213 g/mol. The summed E-state index contributed by atoms with van der Waals surface area (Å²) < 4.78 is 5.81. The van der Waals surface area contributed by atoms with Crippen LogP contribution in [0.15, 0.2) is 54.6 Å². The molecule has 2 N–H and O–H groups in total. The van der Waals surface area contributed by atoms with Crippen LogP contribution in [-0.4, -0.2) is 6.54 Å². The van der Waals surface area contributed by atoms with Crippen LogP contribution in [0.2, 0.25) is 0 Å². The van der Waals surface area contributed by atoms with Crippen molar-refractivity contribution in [2.24, 2.45) is 5.73 Å². The van der Waals surface area contributed by atoms with E-state index in [1.807, 2.05) is 54.6 Å². The van der Waals surface area contributed by atoms with Gasteiger partial charge in [-0.25, -0.2) is 0 Å². The van der Waals surface area contributed by atoms with Crippen molar-refractivity contribution in [2.45, 2.75) is 6.42 Å². The van der Waals surface area contributed by atoms with Crippen molar-refractivity contribution >= 4 is 0 Å². The molecular formula is C14H15NO. The van der Waals surface area contributed by atoms with Crippen LogP contribution in [0.3, 0.4) is 0 Å². The van der Waals surface area contributed by atoms with Crippen LogP contribution in [-0.2, 0) is 6.42 Å². The van der Waals surface area contributed by atoms with Crippen LogP contribution in [0, 0.1) is 0 Å². The lowest BCUT2D eigenvalue weighted by Gasteiger charge is -2.10. The summed E-state index contributed by atoms with van der Waals surface area (Å²) in [4.78, 5) is 0. The molecule has 2 aromatic carbocycles. The van der Waals surface area contributed by atoms with E-state index in [0.717, 1.165) is 23.5 Å². The molecule has 0 bridgehead atoms. The Hall–Kier alpha value is -1.80. The zero-order chi connectivity index (χ0) is 11.2. The maximum Gasteiger partial charge on any atom is 0.130 e. The largest absolute Gasteiger partial charge is 0.457 e. The van der Waals surface area contributed by atoms with E-state index in [0.29, 0.717) is 6.54 Å². The van der Waals surface area contributed by atoms with Gasteiger partial charge in [0.25, 0.3) is 0 Å². The predicted octanol–water partition coefficient (Wildman–Crippen LogP) is 2.98. The number of para-hydroxylation sites is 2. The SMILES string of the molecule is NCCc1ccccc1Oc1ccccc1. The first-order chi connectivity index (χ1) is 7.90. The van der Waals surface area contributed by atoms with Crippen molar-refractivity contribution in [3.8, 4) is 11.5 Å². The summed E-state index contributed by atoms with van der Waals surface area (Å²) in [5, 5.41) is 0. The molecule has 2 nitrogen and oxygen atoms in total. The van der Waals surface area contributed by atoms with Crippen LogP contribution >= 0.6 is 0 Å². The zero-order valence-electron chi connectivity index (χ0n) is 9.10. The van der Waals surface area contributed by atoms with E-state index in [1.165, 1.54) is 0 Å². The second kappa shape index (κ2) is 5.33. The summed E-state index contributed by atoms with van der Waals surface area (Å²) in [6.07, 6.45) is 0.836. The van der Waals surface area contributed by atoms with Gasteiger partial charge in [-0.1, -0.05) is 36.4 Å². The molecular weight excluding hydrogens is 198 g/mol. The van der Waals surface area contributed by atoms with E-state index in [9.17, 15) is 0 Å². The smallest absolute Gasteiger partial charge is 0.130 e. The minimum Gasteiger partial charge on any atom is -0.457 e. The standard InChI is InChI=1S/C14H15NO/c15-11-10-12-6-4-5-9-14(12)16-13-7-2-1-3-8-13/h1-9H,10-11,15H2. The molecule has 0 aliphatic carbocycles. The van der Waals surface area contributed by atoms with Crippen LogP contribution in [0.4, 0.5) is 0 Å². The van der Waals surface area contributed by atoms with Gasteiger partial charge >= 0.3 is 0 Å². The predicted molar refractivity (Wildman–Crippen MR) is 65.7 cm³/mol. The summed E-state index contributed by atoms with van der Waals surface area (Å²) in [5.74, 6) is 1.74. The lowest BCUT2D eigenvalue weighted by molar-refractivity contribution is 0.476. The second-order valence-corrected chi connectivity index (χ2v) is 3.56. The van der Waals surface area contributed by atoms with Crippen molar-refractivity contribution in [1.82, 2.24) is 0 Å². The average molecular weight is 213 g/mol. The number of rotatable bonds is 4. The number of nitrogens with two attached hydrogens (primary N) is 1. The molecule has 0 aliphatic heterocycles. The van der Waals surface area contributed by atoms with Gasteiger partial charge in [0, 0.05) is 0 Å². The van der Waals surface area contributed by atoms with E-state index in [-0.39, 0.29) is 0 Å². The maximum atomic E-state index is 5.81. The highest BCUT2D eigenvalue weighted by Crippen LogP contribution is 2.24. The van der Waals surface area contributed by atoms with Crippen molar-refractivity contribution < 1.29 is 4.74 Å². The lowest BCUT2D eigenvalue weighted by atomic mass is 10.1. The highest BCUT2D eigenvalue weighted by atomic mass is 16.5. The van der Waals surface area contributed by atoms with Crippen LogP contribution in [0.1, 0.15) is 5.56 Å². The van der Waals surface area contributed by atoms with Gasteiger partial charge in [0.2, 0.25) is 0 Å². The molecule has 0 saturated carbocycles. The Morgan fingerprint density at radius 1 is 0.875 bits per heavy atom. The molecule has 0 radical (unpaired) electrons. The third-order valence-corrected chi connectivity index (χ3v) is 2.36. The van der Waals surface area contributed by atoms with Gasteiger partial charge in [-0.05, 0) is 36.7 Å². The number of hydrogen-bond acceptors (Lipinski definition) is 2. The molecule has 0 aliphatic rings. The maximum absolute atomic E-state index is 5.81. The lowest BCUT2D eigenvalue weighted by Crippen LogP contribution is -2.03. The molecule has 0 spiro atoms. The van der Waals surface area contributed by atoms with Gasteiger partial charge in [0.1, 0.15) is 11.5 Å². The molecule has 0 aromatic heterocycles. The van der Waals surface area contributed by atoms with Gasteiger partial charge < -0.3 is 10.5 Å². The van der Waals surface area contributed by atoms with E-state index in [2.05, 4.69) is 0 Å². The second-order valence-electron chi connectivity index (χ2n) is 3.56. The Balaban J connectivity index is 2.21. The zero-order valence-corrected chi connectivity index (χ0v) is 9.10. The Morgan fingerprint density at radius 2 is 1.56 bits per heavy atom. The third-order valence-electron chi connectivity index (χ3n) is 2.36. The fourth-order valence-electron chi connectivity index (χ4n) is 1.58. The van der Waals surface area contributed by atoms with Gasteiger partial charge in [0.15, 0.2) is 0 Å². The molecule has 2 rings (SSSR count). The molecule has 0 unspecified atom stereocenters. The minimum absolute atomic E-state index is 0.634. The molecule has 0 saturated heterocycles. The van der Waals surface area contributed by atoms with Crippen LogP contribution < -0.4 is 10.5 Å². The number of hydrogen-bond donors (Lipinski definition) is 1. The molecule has 82 valence electrons. The fraction of sp³-hybridized carbons (Fsp3) is 0.143. The quantitative estimate of drug-likeness (QED) is 0.847. The summed E-state index contributed by atoms with van der Waals surface area (Å²) in [7, 11) is 0. The fourth-order valence-corrected chi connectivity index (χ4v) is 1.58. The third kappa shape index (κ3) is 2.61. The molecule has 0 atom stereocenters. The Morgan fingerprint density at radius 3 is 2.31 bits per heavy atom. The van der Waals surface area contributed by atoms with Crippen LogP contribution in [0.25, 0.3) is 0 Å². The Bertz CT molecular complexity index is 439. The van der Waals surface area contributed by atoms with E-state index in [1.54, 1.807) is 0 Å². The molecule has 0 fully saturated rings. The van der Waals surface area contributed by atoms with Gasteiger partial charge in [-0.15, -0.1) is 0 Å². The van der Waals surface area contributed by atoms with Crippen molar-refractivity contribution in [3.63, 3.8) is 0 Å². The van der Waals surface area contributed by atoms with Gasteiger partial charge in [-0.3, -0.25) is 0 Å². The summed E-state index contributed by atoms with van der Waals surface area (Å²) >= 11 is 0. The number of ether oxygens (including phenoxy) is 1. The molecule has 2 aromatic rings. The summed E-state index contributed by atoms with van der Waals surface area (Å²) in [6.45, 7) is 0.634. The van der Waals surface area contributed by atoms with Crippen LogP contribution in [0.5, 0.6) is 11.5 Å². The summed E-state index contributed by atoms with van der Waals surface area (Å²) in [5.41, 5.74) is 6.71. The van der Waals surface area contributed by atoms with Gasteiger partial charge in [-0.2, -0.15) is 0 Å². The highest BCUT2D eigenvalue weighted by molar-refractivity contribution is 5.37. The highest BCUT2D eigenvalue weighted by Gasteiger charge is 2.02. The van der Waals surface area contributed by atoms with E-state index >= 15 is 0 Å². The first kappa shape index (κ1) is 10.7. The van der Waals surface area contributed by atoms with Gasteiger partial charge in [0.05, 0.1) is 0 Å². The van der Waals surface area contributed by atoms with E-state index in [4.69, 9.17) is 10.5 Å². The first-order valence-corrected chi connectivity index (χ1v) is 5.41. The minimum atomic E-state index is 0.634.